The highest BCUT2D eigenvalue weighted by Crippen LogP contribution is 2.30. The van der Waals surface area contributed by atoms with Gasteiger partial charge in [-0.2, -0.15) is 13.2 Å². The molecule has 1 heterocycles. The van der Waals surface area contributed by atoms with Crippen molar-refractivity contribution in [2.45, 2.75) is 10.5 Å². The van der Waals surface area contributed by atoms with Crippen molar-refractivity contribution >= 4 is 39.9 Å². The SMILES string of the molecule is O=C(CSc1nnc(NC(=O)c2ccc(C(F)(F)F)cc2)s1)c1ccc(F)cc1. The molecule has 0 radical (unpaired) electrons. The first kappa shape index (κ1) is 20.9. The van der Waals surface area contributed by atoms with Gasteiger partial charge in [0.05, 0.1) is 11.3 Å². The van der Waals surface area contributed by atoms with Crippen LogP contribution in [0.15, 0.2) is 52.9 Å². The third-order valence-corrected chi connectivity index (χ3v) is 5.57. The zero-order valence-electron chi connectivity index (χ0n) is 14.4. The maximum atomic E-state index is 12.9. The van der Waals surface area contributed by atoms with Gasteiger partial charge in [-0.1, -0.05) is 23.1 Å². The van der Waals surface area contributed by atoms with Crippen molar-refractivity contribution in [2.75, 3.05) is 11.1 Å². The first-order valence-electron chi connectivity index (χ1n) is 7.96. The Morgan fingerprint density at radius 3 is 2.21 bits per heavy atom. The molecule has 0 unspecified atom stereocenters. The van der Waals surface area contributed by atoms with Crippen LogP contribution in [0.1, 0.15) is 26.3 Å². The van der Waals surface area contributed by atoms with Crippen LogP contribution in [0.25, 0.3) is 0 Å². The van der Waals surface area contributed by atoms with Crippen LogP contribution in [-0.2, 0) is 6.18 Å². The number of benzene rings is 2. The van der Waals surface area contributed by atoms with Gasteiger partial charge in [0.25, 0.3) is 5.91 Å². The molecule has 0 aliphatic carbocycles. The van der Waals surface area contributed by atoms with E-state index in [2.05, 4.69) is 15.5 Å². The molecule has 29 heavy (non-hydrogen) atoms. The fraction of sp³-hybridized carbons (Fsp3) is 0.111. The van der Waals surface area contributed by atoms with Gasteiger partial charge in [0.2, 0.25) is 5.13 Å². The van der Waals surface area contributed by atoms with Gasteiger partial charge in [-0.3, -0.25) is 14.9 Å². The number of amides is 1. The lowest BCUT2D eigenvalue weighted by Gasteiger charge is -2.07. The molecule has 0 aliphatic rings. The summed E-state index contributed by atoms with van der Waals surface area (Å²) in [6.45, 7) is 0. The summed E-state index contributed by atoms with van der Waals surface area (Å²) >= 11 is 2.12. The minimum Gasteiger partial charge on any atom is -0.296 e. The largest absolute Gasteiger partial charge is 0.416 e. The highest BCUT2D eigenvalue weighted by Gasteiger charge is 2.30. The molecule has 0 spiro atoms. The standard InChI is InChI=1S/C18H11F4N3O2S2/c19-13-7-3-10(4-8-13)14(26)9-28-17-25-24-16(29-17)23-15(27)11-1-5-12(6-2-11)18(20,21)22/h1-8H,9H2,(H,23,24,27). The van der Waals surface area contributed by atoms with E-state index in [9.17, 15) is 27.2 Å². The molecule has 1 amide bonds. The highest BCUT2D eigenvalue weighted by molar-refractivity contribution is 8.01. The molecular formula is C18H11F4N3O2S2. The molecule has 0 saturated heterocycles. The fourth-order valence-electron chi connectivity index (χ4n) is 2.14. The molecule has 0 aliphatic heterocycles. The Morgan fingerprint density at radius 2 is 1.59 bits per heavy atom. The maximum absolute atomic E-state index is 12.9. The number of nitrogens with zero attached hydrogens (tertiary/aromatic N) is 2. The van der Waals surface area contributed by atoms with Crippen molar-refractivity contribution in [3.8, 4) is 0 Å². The van der Waals surface area contributed by atoms with Crippen LogP contribution < -0.4 is 5.32 Å². The summed E-state index contributed by atoms with van der Waals surface area (Å²) in [6.07, 6.45) is -4.48. The predicted octanol–water partition coefficient (Wildman–Crippen LogP) is 4.92. The molecular weight excluding hydrogens is 430 g/mol. The summed E-state index contributed by atoms with van der Waals surface area (Å²) in [5, 5.41) is 10.2. The van der Waals surface area contributed by atoms with E-state index in [0.717, 1.165) is 47.4 Å². The van der Waals surface area contributed by atoms with E-state index in [-0.39, 0.29) is 22.2 Å². The lowest BCUT2D eigenvalue weighted by atomic mass is 10.1. The molecule has 2 aromatic carbocycles. The number of thioether (sulfide) groups is 1. The number of carbonyl (C=O) groups is 2. The smallest absolute Gasteiger partial charge is 0.296 e. The van der Waals surface area contributed by atoms with E-state index in [1.807, 2.05) is 0 Å². The number of hydrogen-bond acceptors (Lipinski definition) is 6. The van der Waals surface area contributed by atoms with Crippen molar-refractivity contribution in [1.29, 1.82) is 0 Å². The van der Waals surface area contributed by atoms with E-state index >= 15 is 0 Å². The molecule has 3 aromatic rings. The first-order valence-corrected chi connectivity index (χ1v) is 9.76. The number of anilines is 1. The lowest BCUT2D eigenvalue weighted by molar-refractivity contribution is -0.137. The van der Waals surface area contributed by atoms with Crippen molar-refractivity contribution < 1.29 is 27.2 Å². The molecule has 5 nitrogen and oxygen atoms in total. The fourth-order valence-corrected chi connectivity index (χ4v) is 3.79. The van der Waals surface area contributed by atoms with Crippen LogP contribution in [0.4, 0.5) is 22.7 Å². The van der Waals surface area contributed by atoms with Gasteiger partial charge in [-0.05, 0) is 48.5 Å². The third kappa shape index (κ3) is 5.61. The molecule has 1 N–H and O–H groups in total. The Kier molecular flexibility index (Phi) is 6.28. The number of hydrogen-bond donors (Lipinski definition) is 1. The molecule has 0 fully saturated rings. The van der Waals surface area contributed by atoms with E-state index in [1.54, 1.807) is 0 Å². The van der Waals surface area contributed by atoms with Crippen molar-refractivity contribution in [2.24, 2.45) is 0 Å². The second kappa shape index (κ2) is 8.70. The van der Waals surface area contributed by atoms with Crippen LogP contribution in [0.3, 0.4) is 0 Å². The molecule has 150 valence electrons. The number of ketones is 1. The Labute approximate surface area is 170 Å². The maximum Gasteiger partial charge on any atom is 0.416 e. The van der Waals surface area contributed by atoms with Crippen molar-refractivity contribution in [1.82, 2.24) is 10.2 Å². The van der Waals surface area contributed by atoms with Crippen molar-refractivity contribution in [3.63, 3.8) is 0 Å². The van der Waals surface area contributed by atoms with Gasteiger partial charge in [-0.15, -0.1) is 10.2 Å². The van der Waals surface area contributed by atoms with Crippen LogP contribution in [-0.4, -0.2) is 27.6 Å². The van der Waals surface area contributed by atoms with Crippen LogP contribution in [0.2, 0.25) is 0 Å². The Balaban J connectivity index is 1.56. The second-order valence-electron chi connectivity index (χ2n) is 5.62. The molecule has 1 aromatic heterocycles. The molecule has 0 bridgehead atoms. The van der Waals surface area contributed by atoms with Gasteiger partial charge < -0.3 is 0 Å². The number of alkyl halides is 3. The topological polar surface area (TPSA) is 72.0 Å². The lowest BCUT2D eigenvalue weighted by Crippen LogP contribution is -2.12. The summed E-state index contributed by atoms with van der Waals surface area (Å²) in [7, 11) is 0. The van der Waals surface area contributed by atoms with E-state index in [4.69, 9.17) is 0 Å². The highest BCUT2D eigenvalue weighted by atomic mass is 32.2. The van der Waals surface area contributed by atoms with E-state index in [1.165, 1.54) is 24.3 Å². The van der Waals surface area contributed by atoms with Gasteiger partial charge >= 0.3 is 6.18 Å². The predicted molar refractivity (Wildman–Crippen MR) is 101 cm³/mol. The van der Waals surface area contributed by atoms with Gasteiger partial charge in [0.15, 0.2) is 10.1 Å². The van der Waals surface area contributed by atoms with Crippen LogP contribution in [0, 0.1) is 5.82 Å². The second-order valence-corrected chi connectivity index (χ2v) is 7.82. The number of rotatable bonds is 6. The Hall–Kier alpha value is -2.79. The zero-order valence-corrected chi connectivity index (χ0v) is 16.0. The molecule has 11 heteroatoms. The molecule has 0 saturated carbocycles. The molecule has 3 rings (SSSR count). The minimum atomic E-state index is -4.48. The average molecular weight is 441 g/mol. The normalized spacial score (nSPS) is 11.3. The number of carbonyl (C=O) groups excluding carboxylic acids is 2. The number of aromatic nitrogens is 2. The first-order chi connectivity index (χ1) is 13.7. The minimum absolute atomic E-state index is 0.0360. The number of nitrogens with one attached hydrogen (secondary N) is 1. The van der Waals surface area contributed by atoms with Gasteiger partial charge in [-0.25, -0.2) is 4.39 Å². The number of halogens is 4. The summed E-state index contributed by atoms with van der Waals surface area (Å²) in [5.74, 6) is -1.24. The van der Waals surface area contributed by atoms with E-state index in [0.29, 0.717) is 9.90 Å². The number of Topliss-reactive ketones (excluding diaryl/α,β-unsaturated/α-hetero) is 1. The van der Waals surface area contributed by atoms with E-state index < -0.39 is 23.5 Å². The van der Waals surface area contributed by atoms with Gasteiger partial charge in [0.1, 0.15) is 5.82 Å². The summed E-state index contributed by atoms with van der Waals surface area (Å²) in [5.41, 5.74) is -0.456. The summed E-state index contributed by atoms with van der Waals surface area (Å²) in [6, 6.07) is 8.92. The van der Waals surface area contributed by atoms with Gasteiger partial charge in [0, 0.05) is 11.1 Å². The molecule has 0 atom stereocenters. The quantitative estimate of drug-likeness (QED) is 0.254. The van der Waals surface area contributed by atoms with Crippen molar-refractivity contribution in [3.05, 3.63) is 71.0 Å². The van der Waals surface area contributed by atoms with Crippen LogP contribution >= 0.6 is 23.1 Å². The van der Waals surface area contributed by atoms with Crippen LogP contribution in [0.5, 0.6) is 0 Å². The summed E-state index contributed by atoms with van der Waals surface area (Å²) < 4.78 is 51.0. The Bertz CT molecular complexity index is 1020. The monoisotopic (exact) mass is 441 g/mol. The average Bonchev–Trinajstić information content (AvgIpc) is 3.13. The Morgan fingerprint density at radius 1 is 0.966 bits per heavy atom. The summed E-state index contributed by atoms with van der Waals surface area (Å²) in [4.78, 5) is 24.2. The zero-order chi connectivity index (χ0) is 21.0. The third-order valence-electron chi connectivity index (χ3n) is 3.59.